The summed E-state index contributed by atoms with van der Waals surface area (Å²) in [5.74, 6) is -15.1. The second-order valence-corrected chi connectivity index (χ2v) is 16.4. The van der Waals surface area contributed by atoms with E-state index in [0.717, 1.165) is 0 Å². The van der Waals surface area contributed by atoms with Gasteiger partial charge in [0.15, 0.2) is 0 Å². The summed E-state index contributed by atoms with van der Waals surface area (Å²) in [6, 6.07) is -4.31. The number of hydrogen-bond donors (Lipinski definition) is 10. The number of primary amides is 1. The van der Waals surface area contributed by atoms with Crippen LogP contribution in [0.1, 0.15) is 90.7 Å². The highest BCUT2D eigenvalue weighted by molar-refractivity contribution is 6.37. The number of nitrogens with two attached hydrogens (primary N) is 1. The van der Waals surface area contributed by atoms with Gasteiger partial charge in [-0.25, -0.2) is 0 Å². The molecule has 24 heteroatoms. The van der Waals surface area contributed by atoms with E-state index in [9.17, 15) is 76.1 Å². The number of carbonyl (C=O) groups is 11. The van der Waals surface area contributed by atoms with Gasteiger partial charge in [-0.05, 0) is 42.2 Å². The van der Waals surface area contributed by atoms with E-state index in [1.54, 1.807) is 45.0 Å². The minimum atomic E-state index is -5.03. The monoisotopic (exact) mass is 915 g/mol. The van der Waals surface area contributed by atoms with E-state index < -0.39 is 157 Å². The van der Waals surface area contributed by atoms with Crippen molar-refractivity contribution >= 4 is 65.0 Å². The van der Waals surface area contributed by atoms with E-state index in [4.69, 9.17) is 10.8 Å². The third-order valence-corrected chi connectivity index (χ3v) is 9.26. The molecule has 0 fully saturated rings. The van der Waals surface area contributed by atoms with Gasteiger partial charge in [-0.15, -0.1) is 0 Å². The first kappa shape index (κ1) is 55.4. The molecule has 0 spiro atoms. The molecule has 7 amide bonds. The maximum Gasteiger partial charge on any atom is 0.391 e. The lowest BCUT2D eigenvalue weighted by Crippen LogP contribution is -2.62. The summed E-state index contributed by atoms with van der Waals surface area (Å²) in [6.07, 6.45) is -11.2. The van der Waals surface area contributed by atoms with Gasteiger partial charge in [0.05, 0.1) is 19.3 Å². The predicted octanol–water partition coefficient (Wildman–Crippen LogP) is -0.250. The summed E-state index contributed by atoms with van der Waals surface area (Å²) in [6.45, 7) is 9.39. The summed E-state index contributed by atoms with van der Waals surface area (Å²) < 4.78 is 39.9. The van der Waals surface area contributed by atoms with Crippen LogP contribution in [0.4, 0.5) is 13.2 Å². The smallest absolute Gasteiger partial charge is 0.391 e. The third-order valence-electron chi connectivity index (χ3n) is 9.26. The van der Waals surface area contributed by atoms with E-state index in [1.165, 1.54) is 20.8 Å². The summed E-state index contributed by atoms with van der Waals surface area (Å²) >= 11 is 0. The molecular weight excluding hydrogens is 859 g/mol. The topological polar surface area (TPSA) is 347 Å². The standard InChI is InChI=1S/C40H56F3N7O14/c1-19(2)15-23(35(61)49-26(18-40(41,42)43)31(58)33(44)59)48-38(64)32(39(4,5)6)50-37(63)24(16-21-10-8-7-9-20(21)3)47-34(60)22(11-13-28(52)53)46-36(62)25(17-30(56)57)45-27(51)12-14-29(54)55/h7-10,19,22-26,32H,11-18H2,1-6H3,(H2,44,59)(H,45,51)(H,46,62)(H,47,60)(H,48,64)(H,49,61)(H,50,63)(H,52,53)(H,54,55)(H,56,57)/t22-,23-,24-,25-,26?,32+/m0/s1. The number of alkyl halides is 3. The van der Waals surface area contributed by atoms with Crippen LogP contribution in [0.5, 0.6) is 0 Å². The van der Waals surface area contributed by atoms with Crippen LogP contribution < -0.4 is 37.6 Å². The lowest BCUT2D eigenvalue weighted by atomic mass is 9.85. The van der Waals surface area contributed by atoms with Gasteiger partial charge in [0.2, 0.25) is 41.2 Å². The van der Waals surface area contributed by atoms with Gasteiger partial charge in [0.25, 0.3) is 5.91 Å². The van der Waals surface area contributed by atoms with Gasteiger partial charge in [-0.1, -0.05) is 58.9 Å². The van der Waals surface area contributed by atoms with Gasteiger partial charge in [0.1, 0.15) is 36.3 Å². The summed E-state index contributed by atoms with van der Waals surface area (Å²) in [7, 11) is 0. The Morgan fingerprint density at radius 1 is 0.625 bits per heavy atom. The van der Waals surface area contributed by atoms with Crippen LogP contribution in [0.3, 0.4) is 0 Å². The SMILES string of the molecule is Cc1ccccc1C[C@H](NC(=O)[C@H](CCC(=O)O)NC(=O)[C@H](CC(=O)O)NC(=O)CCC(=O)O)C(=O)N[C@H](C(=O)N[C@@H](CC(C)C)C(=O)NC(CC(F)(F)F)C(=O)C(N)=O)C(C)(C)C. The Kier molecular flexibility index (Phi) is 21.5. The van der Waals surface area contributed by atoms with E-state index in [0.29, 0.717) is 11.1 Å². The second-order valence-electron chi connectivity index (χ2n) is 16.4. The summed E-state index contributed by atoms with van der Waals surface area (Å²) in [4.78, 5) is 139. The van der Waals surface area contributed by atoms with Gasteiger partial charge in [0, 0.05) is 19.3 Å². The zero-order chi connectivity index (χ0) is 49.3. The molecular formula is C40H56F3N7O14. The molecule has 6 atom stereocenters. The molecule has 0 saturated heterocycles. The first-order valence-corrected chi connectivity index (χ1v) is 19.8. The number of carbonyl (C=O) groups excluding carboxylic acids is 8. The highest BCUT2D eigenvalue weighted by Crippen LogP contribution is 2.23. The number of aliphatic carboxylic acids is 3. The average Bonchev–Trinajstić information content (AvgIpc) is 3.15. The molecule has 0 aromatic heterocycles. The van der Waals surface area contributed by atoms with Crippen molar-refractivity contribution in [3.05, 3.63) is 35.4 Å². The predicted molar refractivity (Wildman–Crippen MR) is 216 cm³/mol. The van der Waals surface area contributed by atoms with Crippen LogP contribution in [0, 0.1) is 18.3 Å². The number of nitrogens with one attached hydrogen (secondary N) is 6. The number of carboxylic acids is 3. The minimum absolute atomic E-state index is 0.208. The molecule has 0 aliphatic heterocycles. The number of Topliss-reactive ketones (excluding diaryl/α,β-unsaturated/α-hetero) is 1. The molecule has 0 radical (unpaired) electrons. The fourth-order valence-electron chi connectivity index (χ4n) is 5.98. The molecule has 1 aromatic carbocycles. The maximum atomic E-state index is 14.2. The number of ketones is 1. The molecule has 21 nitrogen and oxygen atoms in total. The van der Waals surface area contributed by atoms with Gasteiger partial charge < -0.3 is 53.0 Å². The number of benzene rings is 1. The largest absolute Gasteiger partial charge is 0.481 e. The first-order valence-electron chi connectivity index (χ1n) is 19.8. The zero-order valence-electron chi connectivity index (χ0n) is 36.1. The van der Waals surface area contributed by atoms with Crippen molar-refractivity contribution in [3.63, 3.8) is 0 Å². The lowest BCUT2D eigenvalue weighted by Gasteiger charge is -2.34. The van der Waals surface area contributed by atoms with Crippen LogP contribution >= 0.6 is 0 Å². The third kappa shape index (κ3) is 20.5. The van der Waals surface area contributed by atoms with Crippen molar-refractivity contribution in [1.29, 1.82) is 0 Å². The number of carboxylic acid groups (broad SMARTS) is 3. The van der Waals surface area contributed by atoms with E-state index in [1.807, 2.05) is 5.32 Å². The zero-order valence-corrected chi connectivity index (χ0v) is 36.1. The molecule has 0 bridgehead atoms. The lowest BCUT2D eigenvalue weighted by molar-refractivity contribution is -0.153. The Morgan fingerprint density at radius 2 is 1.12 bits per heavy atom. The first-order chi connectivity index (χ1) is 29.4. The molecule has 0 aliphatic rings. The number of amides is 7. The Morgan fingerprint density at radius 3 is 1.62 bits per heavy atom. The van der Waals surface area contributed by atoms with Crippen LogP contribution in [0.25, 0.3) is 0 Å². The van der Waals surface area contributed by atoms with Gasteiger partial charge in [-0.3, -0.25) is 52.7 Å². The Labute approximate surface area is 365 Å². The van der Waals surface area contributed by atoms with Gasteiger partial charge >= 0.3 is 24.1 Å². The number of hydrogen-bond acceptors (Lipinski definition) is 11. The molecule has 64 heavy (non-hydrogen) atoms. The van der Waals surface area contributed by atoms with Crippen LogP contribution in [0.2, 0.25) is 0 Å². The van der Waals surface area contributed by atoms with Crippen molar-refractivity contribution in [2.45, 2.75) is 135 Å². The van der Waals surface area contributed by atoms with E-state index in [-0.39, 0.29) is 12.8 Å². The number of aryl methyl sites for hydroxylation is 1. The number of rotatable bonds is 26. The fraction of sp³-hybridized carbons (Fsp3) is 0.575. The molecule has 1 unspecified atom stereocenters. The van der Waals surface area contributed by atoms with Crippen LogP contribution in [-0.4, -0.2) is 123 Å². The average molecular weight is 916 g/mol. The van der Waals surface area contributed by atoms with E-state index in [2.05, 4.69) is 26.6 Å². The van der Waals surface area contributed by atoms with Crippen LogP contribution in [0.15, 0.2) is 24.3 Å². The highest BCUT2D eigenvalue weighted by Gasteiger charge is 2.41. The van der Waals surface area contributed by atoms with Crippen molar-refractivity contribution in [3.8, 4) is 0 Å². The maximum absolute atomic E-state index is 14.2. The summed E-state index contributed by atoms with van der Waals surface area (Å²) in [5.41, 5.74) is 4.82. The number of halogens is 3. The van der Waals surface area contributed by atoms with Crippen molar-refractivity contribution in [2.24, 2.45) is 17.1 Å². The second kappa shape index (κ2) is 24.9. The quantitative estimate of drug-likeness (QED) is 0.0536. The normalized spacial score (nSPS) is 14.3. The Bertz CT molecular complexity index is 1920. The molecule has 0 aliphatic carbocycles. The van der Waals surface area contributed by atoms with Crippen LogP contribution in [-0.2, 0) is 59.2 Å². The molecule has 356 valence electrons. The van der Waals surface area contributed by atoms with E-state index >= 15 is 0 Å². The van der Waals surface area contributed by atoms with Gasteiger partial charge in [-0.2, -0.15) is 13.2 Å². The molecule has 0 heterocycles. The minimum Gasteiger partial charge on any atom is -0.481 e. The molecule has 1 rings (SSSR count). The van der Waals surface area contributed by atoms with Crippen molar-refractivity contribution in [2.75, 3.05) is 0 Å². The molecule has 1 aromatic rings. The fourth-order valence-corrected chi connectivity index (χ4v) is 5.98. The Balaban J connectivity index is 3.62. The van der Waals surface area contributed by atoms with Crippen molar-refractivity contribution < 1.29 is 81.2 Å². The highest BCUT2D eigenvalue weighted by atomic mass is 19.4. The Hall–Kier alpha value is -6.62. The molecule has 11 N–H and O–H groups in total. The molecule has 0 saturated carbocycles. The summed E-state index contributed by atoms with van der Waals surface area (Å²) in [5, 5.41) is 41.1. The van der Waals surface area contributed by atoms with Crippen molar-refractivity contribution in [1.82, 2.24) is 31.9 Å².